The first-order valence-electron chi connectivity index (χ1n) is 6.70. The van der Waals surface area contributed by atoms with Crippen LogP contribution >= 0.6 is 0 Å². The summed E-state index contributed by atoms with van der Waals surface area (Å²) in [4.78, 5) is 19.7. The molecule has 19 heavy (non-hydrogen) atoms. The fourth-order valence-corrected chi connectivity index (χ4v) is 2.53. The van der Waals surface area contributed by atoms with E-state index >= 15 is 0 Å². The first-order chi connectivity index (χ1) is 9.22. The Morgan fingerprint density at radius 1 is 1.47 bits per heavy atom. The summed E-state index contributed by atoms with van der Waals surface area (Å²) in [7, 11) is 0. The number of aromatic nitrogens is 2. The van der Waals surface area contributed by atoms with Gasteiger partial charge >= 0.3 is 0 Å². The summed E-state index contributed by atoms with van der Waals surface area (Å²) in [6.07, 6.45) is 2.03. The Balaban J connectivity index is 1.74. The number of nitrogens with one attached hydrogen (secondary N) is 3. The number of amides is 1. The van der Waals surface area contributed by atoms with E-state index in [1.165, 1.54) is 0 Å². The maximum absolute atomic E-state index is 12.1. The van der Waals surface area contributed by atoms with Crippen LogP contribution in [0.5, 0.6) is 0 Å². The molecule has 0 saturated carbocycles. The summed E-state index contributed by atoms with van der Waals surface area (Å²) in [5.41, 5.74) is 2.71. The van der Waals surface area contributed by atoms with Gasteiger partial charge in [0.25, 0.3) is 0 Å². The van der Waals surface area contributed by atoms with Gasteiger partial charge in [0.1, 0.15) is 5.82 Å². The quantitative estimate of drug-likeness (QED) is 0.769. The van der Waals surface area contributed by atoms with Gasteiger partial charge in [0.15, 0.2) is 0 Å². The maximum Gasteiger partial charge on any atom is 0.228 e. The highest BCUT2D eigenvalue weighted by atomic mass is 16.1. The minimum atomic E-state index is 0.0768. The van der Waals surface area contributed by atoms with E-state index in [2.05, 4.69) is 20.6 Å². The number of aromatic amines is 1. The molecule has 1 aromatic carbocycles. The van der Waals surface area contributed by atoms with Gasteiger partial charge in [0.05, 0.1) is 17.0 Å². The number of aryl methyl sites for hydroxylation is 1. The number of hydrogen-bond donors (Lipinski definition) is 3. The Kier molecular flexibility index (Phi) is 3.21. The fourth-order valence-electron chi connectivity index (χ4n) is 2.53. The number of nitrogens with zero attached hydrogens (tertiary/aromatic N) is 1. The van der Waals surface area contributed by atoms with Gasteiger partial charge in [-0.05, 0) is 44.5 Å². The van der Waals surface area contributed by atoms with Crippen molar-refractivity contribution in [3.05, 3.63) is 24.0 Å². The Morgan fingerprint density at radius 3 is 3.16 bits per heavy atom. The third-order valence-corrected chi connectivity index (χ3v) is 3.54. The van der Waals surface area contributed by atoms with Gasteiger partial charge in [-0.15, -0.1) is 0 Å². The summed E-state index contributed by atoms with van der Waals surface area (Å²) < 4.78 is 0. The molecule has 5 heteroatoms. The van der Waals surface area contributed by atoms with Crippen LogP contribution in [-0.2, 0) is 4.79 Å². The van der Waals surface area contributed by atoms with Gasteiger partial charge < -0.3 is 15.6 Å². The molecule has 1 fully saturated rings. The molecule has 1 aliphatic heterocycles. The molecule has 2 aromatic rings. The van der Waals surface area contributed by atoms with Crippen molar-refractivity contribution >= 4 is 22.6 Å². The molecule has 1 aliphatic rings. The van der Waals surface area contributed by atoms with E-state index in [-0.39, 0.29) is 11.8 Å². The van der Waals surface area contributed by atoms with Crippen molar-refractivity contribution in [2.45, 2.75) is 19.8 Å². The summed E-state index contributed by atoms with van der Waals surface area (Å²) >= 11 is 0. The Hall–Kier alpha value is -1.88. The summed E-state index contributed by atoms with van der Waals surface area (Å²) in [5, 5.41) is 6.24. The smallest absolute Gasteiger partial charge is 0.228 e. The molecule has 1 saturated heterocycles. The molecule has 0 radical (unpaired) electrons. The van der Waals surface area contributed by atoms with Crippen LogP contribution in [0.2, 0.25) is 0 Å². The van der Waals surface area contributed by atoms with E-state index in [4.69, 9.17) is 0 Å². The Bertz CT molecular complexity index is 599. The molecule has 1 amide bonds. The van der Waals surface area contributed by atoms with Crippen LogP contribution in [-0.4, -0.2) is 29.0 Å². The lowest BCUT2D eigenvalue weighted by Gasteiger charge is -2.21. The number of anilines is 1. The van der Waals surface area contributed by atoms with Crippen LogP contribution < -0.4 is 10.6 Å². The zero-order chi connectivity index (χ0) is 13.2. The van der Waals surface area contributed by atoms with Crippen LogP contribution in [0.3, 0.4) is 0 Å². The van der Waals surface area contributed by atoms with Crippen molar-refractivity contribution in [1.82, 2.24) is 15.3 Å². The first kappa shape index (κ1) is 12.2. The molecule has 3 rings (SSSR count). The topological polar surface area (TPSA) is 69.8 Å². The zero-order valence-corrected chi connectivity index (χ0v) is 11.0. The molecule has 1 atom stereocenters. The van der Waals surface area contributed by atoms with Gasteiger partial charge in [0, 0.05) is 12.2 Å². The van der Waals surface area contributed by atoms with Crippen molar-refractivity contribution in [3.8, 4) is 0 Å². The number of imidazole rings is 1. The predicted molar refractivity (Wildman–Crippen MR) is 75.1 cm³/mol. The predicted octanol–water partition coefficient (Wildman–Crippen LogP) is 1.81. The van der Waals surface area contributed by atoms with Crippen molar-refractivity contribution < 1.29 is 4.79 Å². The van der Waals surface area contributed by atoms with Gasteiger partial charge in [-0.2, -0.15) is 0 Å². The van der Waals surface area contributed by atoms with Crippen LogP contribution in [0, 0.1) is 12.8 Å². The van der Waals surface area contributed by atoms with Crippen LogP contribution in [0.4, 0.5) is 5.69 Å². The van der Waals surface area contributed by atoms with Gasteiger partial charge in [-0.1, -0.05) is 0 Å². The first-order valence-corrected chi connectivity index (χ1v) is 6.70. The highest BCUT2D eigenvalue weighted by Gasteiger charge is 2.20. The molecule has 1 aromatic heterocycles. The average molecular weight is 258 g/mol. The van der Waals surface area contributed by atoms with Crippen LogP contribution in [0.1, 0.15) is 18.7 Å². The number of H-pyrrole nitrogens is 1. The minimum absolute atomic E-state index is 0.0768. The number of fused-ring (bicyclic) bond motifs is 1. The highest BCUT2D eigenvalue weighted by molar-refractivity contribution is 5.94. The summed E-state index contributed by atoms with van der Waals surface area (Å²) in [6.45, 7) is 3.71. The van der Waals surface area contributed by atoms with E-state index in [0.29, 0.717) is 0 Å². The number of benzene rings is 1. The van der Waals surface area contributed by atoms with Gasteiger partial charge in [0.2, 0.25) is 5.91 Å². The number of hydrogen-bond acceptors (Lipinski definition) is 3. The lowest BCUT2D eigenvalue weighted by molar-refractivity contribution is -0.120. The largest absolute Gasteiger partial charge is 0.342 e. The molecule has 2 heterocycles. The second-order valence-electron chi connectivity index (χ2n) is 5.09. The SMILES string of the molecule is Cc1nc2ccc(NC(=O)[C@@H]3CCCNC3)cc2[nH]1. The fraction of sp³-hybridized carbons (Fsp3) is 0.429. The molecule has 3 N–H and O–H groups in total. The number of piperidine rings is 1. The number of carbonyl (C=O) groups excluding carboxylic acids is 1. The van der Waals surface area contributed by atoms with E-state index < -0.39 is 0 Å². The third-order valence-electron chi connectivity index (χ3n) is 3.54. The highest BCUT2D eigenvalue weighted by Crippen LogP contribution is 2.19. The second-order valence-corrected chi connectivity index (χ2v) is 5.09. The Morgan fingerprint density at radius 2 is 2.37 bits per heavy atom. The van der Waals surface area contributed by atoms with Crippen molar-refractivity contribution in [2.75, 3.05) is 18.4 Å². The standard InChI is InChI=1S/C14H18N4O/c1-9-16-12-5-4-11(7-13(12)17-9)18-14(19)10-3-2-6-15-8-10/h4-5,7,10,15H,2-3,6,8H2,1H3,(H,16,17)(H,18,19)/t10-/m1/s1. The Labute approximate surface area is 111 Å². The maximum atomic E-state index is 12.1. The molecule has 0 bridgehead atoms. The molecular formula is C14H18N4O. The number of carbonyl (C=O) groups is 1. The molecule has 100 valence electrons. The summed E-state index contributed by atoms with van der Waals surface area (Å²) in [5.74, 6) is 1.06. The normalized spacial score (nSPS) is 19.5. The van der Waals surface area contributed by atoms with Gasteiger partial charge in [-0.3, -0.25) is 4.79 Å². The molecule has 0 spiro atoms. The second kappa shape index (κ2) is 5.01. The minimum Gasteiger partial charge on any atom is -0.342 e. The summed E-state index contributed by atoms with van der Waals surface area (Å²) in [6, 6.07) is 5.76. The van der Waals surface area contributed by atoms with E-state index in [0.717, 1.165) is 48.5 Å². The molecular weight excluding hydrogens is 240 g/mol. The van der Waals surface area contributed by atoms with E-state index in [9.17, 15) is 4.79 Å². The van der Waals surface area contributed by atoms with Crippen molar-refractivity contribution in [3.63, 3.8) is 0 Å². The van der Waals surface area contributed by atoms with E-state index in [1.54, 1.807) is 0 Å². The molecule has 0 unspecified atom stereocenters. The van der Waals surface area contributed by atoms with Crippen LogP contribution in [0.15, 0.2) is 18.2 Å². The monoisotopic (exact) mass is 258 g/mol. The average Bonchev–Trinajstić information content (AvgIpc) is 2.79. The van der Waals surface area contributed by atoms with Crippen molar-refractivity contribution in [2.24, 2.45) is 5.92 Å². The molecule has 0 aliphatic carbocycles. The van der Waals surface area contributed by atoms with Crippen LogP contribution in [0.25, 0.3) is 11.0 Å². The molecule has 5 nitrogen and oxygen atoms in total. The number of rotatable bonds is 2. The lowest BCUT2D eigenvalue weighted by atomic mass is 9.99. The lowest BCUT2D eigenvalue weighted by Crippen LogP contribution is -2.37. The van der Waals surface area contributed by atoms with Gasteiger partial charge in [-0.25, -0.2) is 4.98 Å². The third kappa shape index (κ3) is 2.61. The van der Waals surface area contributed by atoms with E-state index in [1.807, 2.05) is 25.1 Å². The van der Waals surface area contributed by atoms with Crippen molar-refractivity contribution in [1.29, 1.82) is 0 Å². The zero-order valence-electron chi connectivity index (χ0n) is 11.0.